The smallest absolute Gasteiger partial charge is 0.199 e. The van der Waals surface area contributed by atoms with Gasteiger partial charge in [-0.05, 0) is 32.0 Å². The Morgan fingerprint density at radius 3 is 2.64 bits per heavy atom. The van der Waals surface area contributed by atoms with Gasteiger partial charge in [0.2, 0.25) is 0 Å². The molecule has 218 valence electrons. The number of hydrogen-bond acceptors (Lipinski definition) is 9. The van der Waals surface area contributed by atoms with Crippen molar-refractivity contribution in [3.63, 3.8) is 0 Å². The van der Waals surface area contributed by atoms with Gasteiger partial charge in [-0.2, -0.15) is 0 Å². The first-order chi connectivity index (χ1) is 20.2. The Labute approximate surface area is 238 Å². The molecule has 2 saturated heterocycles. The summed E-state index contributed by atoms with van der Waals surface area (Å²) in [6.45, 7) is 2.41. The van der Waals surface area contributed by atoms with E-state index in [1.165, 1.54) is 10.9 Å². The van der Waals surface area contributed by atoms with Crippen molar-refractivity contribution in [3.05, 3.63) is 58.1 Å². The number of anilines is 2. The van der Waals surface area contributed by atoms with Gasteiger partial charge in [0.05, 0.1) is 38.6 Å². The number of benzene rings is 1. The maximum Gasteiger partial charge on any atom is 0.199 e. The van der Waals surface area contributed by atoms with Crippen LogP contribution in [0.25, 0.3) is 44.1 Å². The zero-order valence-electron chi connectivity index (χ0n) is 23.2. The fourth-order valence-electron chi connectivity index (χ4n) is 6.77. The highest BCUT2D eigenvalue weighted by atomic mass is 19.2. The van der Waals surface area contributed by atoms with Crippen molar-refractivity contribution in [2.45, 2.75) is 18.8 Å². The van der Waals surface area contributed by atoms with Crippen LogP contribution >= 0.6 is 0 Å². The largest absolute Gasteiger partial charge is 0.386 e. The van der Waals surface area contributed by atoms with Crippen LogP contribution in [0.5, 0.6) is 0 Å². The van der Waals surface area contributed by atoms with Crippen LogP contribution in [-0.4, -0.2) is 81.6 Å². The number of pyridine rings is 3. The molecule has 6 heterocycles. The summed E-state index contributed by atoms with van der Waals surface area (Å²) in [5, 5.41) is 23.3. The second kappa shape index (κ2) is 9.61. The van der Waals surface area contributed by atoms with Crippen molar-refractivity contribution in [2.75, 3.05) is 56.4 Å². The number of halogens is 2. The molecule has 1 aromatic carbocycles. The van der Waals surface area contributed by atoms with E-state index in [0.717, 1.165) is 25.6 Å². The molecule has 5 aromatic rings. The highest BCUT2D eigenvalue weighted by Gasteiger charge is 2.41. The summed E-state index contributed by atoms with van der Waals surface area (Å²) < 4.78 is 32.0. The number of aromatic nitrogens is 4. The van der Waals surface area contributed by atoms with E-state index in [4.69, 9.17) is 0 Å². The number of aliphatic hydroxyl groups excluding tert-OH is 1. The van der Waals surface area contributed by atoms with E-state index < -0.39 is 23.4 Å². The quantitative estimate of drug-likeness (QED) is 0.200. The number of rotatable bonds is 5. The molecule has 2 fully saturated rings. The first-order valence-electron chi connectivity index (χ1n) is 13.8. The Morgan fingerprint density at radius 2 is 1.93 bits per heavy atom. The lowest BCUT2D eigenvalue weighted by atomic mass is 10.0. The molecule has 4 aromatic heterocycles. The third-order valence-electron chi connectivity index (χ3n) is 8.88. The molecule has 0 bridgehead atoms. The van der Waals surface area contributed by atoms with Crippen molar-refractivity contribution in [3.8, 4) is 11.1 Å². The molecule has 13 heteroatoms. The second-order valence-corrected chi connectivity index (χ2v) is 11.1. The van der Waals surface area contributed by atoms with Crippen molar-refractivity contribution in [2.24, 2.45) is 5.92 Å². The number of likely N-dealkylation sites (N-methyl/N-ethyl adjacent to an activating group) is 1. The zero-order chi connectivity index (χ0) is 29.4. The Morgan fingerprint density at radius 1 is 1.12 bits per heavy atom. The van der Waals surface area contributed by atoms with Crippen molar-refractivity contribution in [1.82, 2.24) is 24.5 Å². The van der Waals surface area contributed by atoms with Crippen molar-refractivity contribution in [1.29, 1.82) is 0 Å². The van der Waals surface area contributed by atoms with Crippen LogP contribution < -0.4 is 21.1 Å². The molecular weight excluding hydrogens is 546 g/mol. The van der Waals surface area contributed by atoms with Crippen LogP contribution in [0.1, 0.15) is 18.3 Å². The van der Waals surface area contributed by atoms with Gasteiger partial charge in [-0.1, -0.05) is 0 Å². The zero-order valence-corrected chi connectivity index (χ0v) is 23.2. The minimum atomic E-state index is -1.98. The SMILES string of the molecule is CNc1cc(F)c(F)c2c1[nH]c1ncc(-c3cnc4c(c3)c(=O)c(C(O)O)cn4NC)c(N3CC4[C@H](CCN4C)C3)c12. The molecule has 0 aliphatic carbocycles. The van der Waals surface area contributed by atoms with Crippen LogP contribution in [0.3, 0.4) is 0 Å². The van der Waals surface area contributed by atoms with Crippen molar-refractivity contribution < 1.29 is 19.0 Å². The molecule has 1 unspecified atom stereocenters. The van der Waals surface area contributed by atoms with Gasteiger partial charge in [0, 0.05) is 69.0 Å². The van der Waals surface area contributed by atoms with Crippen LogP contribution in [0.15, 0.2) is 35.5 Å². The van der Waals surface area contributed by atoms with E-state index >= 15 is 4.39 Å². The Bertz CT molecular complexity index is 1960. The number of nitrogens with one attached hydrogen (secondary N) is 3. The van der Waals surface area contributed by atoms with E-state index in [1.54, 1.807) is 32.6 Å². The molecule has 5 N–H and O–H groups in total. The first kappa shape index (κ1) is 26.6. The van der Waals surface area contributed by atoms with E-state index in [2.05, 4.69) is 42.5 Å². The van der Waals surface area contributed by atoms with E-state index in [9.17, 15) is 19.4 Å². The third kappa shape index (κ3) is 3.77. The lowest BCUT2D eigenvalue weighted by molar-refractivity contribution is -0.0435. The van der Waals surface area contributed by atoms with Crippen LogP contribution in [0, 0.1) is 17.6 Å². The molecule has 2 atom stereocenters. The average molecular weight is 577 g/mol. The Hall–Kier alpha value is -4.33. The van der Waals surface area contributed by atoms with Crippen LogP contribution in [0.2, 0.25) is 0 Å². The molecule has 42 heavy (non-hydrogen) atoms. The molecule has 0 spiro atoms. The van der Waals surface area contributed by atoms with Crippen molar-refractivity contribution >= 4 is 44.3 Å². The maximum absolute atomic E-state index is 15.6. The van der Waals surface area contributed by atoms with Gasteiger partial charge in [-0.15, -0.1) is 0 Å². The monoisotopic (exact) mass is 576 g/mol. The third-order valence-corrected chi connectivity index (χ3v) is 8.88. The number of aromatic amines is 1. The van der Waals surface area contributed by atoms with E-state index in [1.807, 2.05) is 0 Å². The minimum Gasteiger partial charge on any atom is -0.386 e. The number of fused-ring (bicyclic) bond motifs is 5. The fourth-order valence-corrected chi connectivity index (χ4v) is 6.77. The van der Waals surface area contributed by atoms with Gasteiger partial charge in [0.1, 0.15) is 5.65 Å². The summed E-state index contributed by atoms with van der Waals surface area (Å²) in [6.07, 6.45) is 3.61. The molecule has 0 amide bonds. The van der Waals surface area contributed by atoms with Gasteiger partial charge < -0.3 is 35.7 Å². The number of nitrogens with zero attached hydrogens (tertiary/aromatic N) is 5. The lowest BCUT2D eigenvalue weighted by Crippen LogP contribution is -2.32. The highest BCUT2D eigenvalue weighted by molar-refractivity contribution is 6.18. The summed E-state index contributed by atoms with van der Waals surface area (Å²) in [5.41, 5.74) is 5.40. The van der Waals surface area contributed by atoms with Gasteiger partial charge in [0.15, 0.2) is 29.0 Å². The number of hydrogen-bond donors (Lipinski definition) is 5. The second-order valence-electron chi connectivity index (χ2n) is 11.1. The maximum atomic E-state index is 15.6. The highest BCUT2D eigenvalue weighted by Crippen LogP contribution is 2.45. The van der Waals surface area contributed by atoms with Gasteiger partial charge in [0.25, 0.3) is 0 Å². The van der Waals surface area contributed by atoms with Gasteiger partial charge in [-0.3, -0.25) is 4.79 Å². The number of H-pyrrole nitrogens is 1. The number of aliphatic hydroxyl groups is 2. The first-order valence-corrected chi connectivity index (χ1v) is 13.8. The summed E-state index contributed by atoms with van der Waals surface area (Å²) in [4.78, 5) is 30.2. The molecule has 2 aliphatic rings. The molecule has 7 rings (SSSR count). The average Bonchev–Trinajstić information content (AvgIpc) is 3.68. The fraction of sp³-hybridized carbons (Fsp3) is 0.345. The molecule has 11 nitrogen and oxygen atoms in total. The summed E-state index contributed by atoms with van der Waals surface area (Å²) >= 11 is 0. The molecule has 2 aliphatic heterocycles. The van der Waals surface area contributed by atoms with E-state index in [0.29, 0.717) is 63.2 Å². The molecular formula is C29H30F2N8O3. The van der Waals surface area contributed by atoms with Crippen LogP contribution in [0.4, 0.5) is 20.2 Å². The Kier molecular flexibility index (Phi) is 6.08. The van der Waals surface area contributed by atoms with E-state index in [-0.39, 0.29) is 16.3 Å². The molecule has 0 saturated carbocycles. The lowest BCUT2D eigenvalue weighted by Gasteiger charge is -2.26. The Balaban J connectivity index is 1.54. The van der Waals surface area contributed by atoms with Gasteiger partial charge in [-0.25, -0.2) is 23.4 Å². The standard InChI is InChI=1S/C29H30F2N8O3/c1-32-19-7-18(30)23(31)21-22-25(38-10-13-4-5-37(3)20(13)12-38)16(9-34-27(22)36-24(19)21)14-6-15-26(40)17(29(41)42)11-39(33-2)28(15)35-8-14/h6-9,11,13,20,29,32-33,41-42H,4-5,10,12H2,1-3H3,(H,34,36)/t13-,20?/m1/s1. The molecule has 0 radical (unpaired) electrons. The predicted molar refractivity (Wildman–Crippen MR) is 157 cm³/mol. The summed E-state index contributed by atoms with van der Waals surface area (Å²) in [7, 11) is 5.36. The topological polar surface area (TPSA) is 135 Å². The van der Waals surface area contributed by atoms with Crippen LogP contribution in [-0.2, 0) is 0 Å². The summed E-state index contributed by atoms with van der Waals surface area (Å²) in [6, 6.07) is 3.06. The van der Waals surface area contributed by atoms with Gasteiger partial charge >= 0.3 is 0 Å². The predicted octanol–water partition coefficient (Wildman–Crippen LogP) is 2.71. The normalized spacial score (nSPS) is 19.1. The number of likely N-dealkylation sites (tertiary alicyclic amines) is 1. The summed E-state index contributed by atoms with van der Waals surface area (Å²) in [5.74, 6) is -1.53. The minimum absolute atomic E-state index is 0.0982.